The number of anilines is 1. The SMILES string of the molecule is COC(=O)C1=C(C(=O)OC)N(c2cc(C34CC5CC(CC(C5)C3)C4)ccc2C)C(N)=C(C#N)C1c1ccccc1. The number of ether oxygens (including phenoxy) is 2. The van der Waals surface area contributed by atoms with Gasteiger partial charge in [0.25, 0.3) is 0 Å². The lowest BCUT2D eigenvalue weighted by Crippen LogP contribution is -2.48. The van der Waals surface area contributed by atoms with Crippen LogP contribution in [0.3, 0.4) is 0 Å². The maximum absolute atomic E-state index is 13.5. The van der Waals surface area contributed by atoms with Crippen LogP contribution in [0.4, 0.5) is 5.69 Å². The van der Waals surface area contributed by atoms with Gasteiger partial charge in [0.15, 0.2) is 0 Å². The van der Waals surface area contributed by atoms with Crippen LogP contribution in [0.5, 0.6) is 0 Å². The summed E-state index contributed by atoms with van der Waals surface area (Å²) in [5.74, 6) is 0.0961. The third-order valence-electron chi connectivity index (χ3n) is 9.71. The summed E-state index contributed by atoms with van der Waals surface area (Å²) in [6.45, 7) is 1.95. The molecule has 0 aromatic heterocycles. The third kappa shape index (κ3) is 4.00. The number of carbonyl (C=O) groups excluding carboxylic acids is 2. The lowest BCUT2D eigenvalue weighted by molar-refractivity contribution is -0.139. The Morgan fingerprint density at radius 3 is 2.10 bits per heavy atom. The standard InChI is InChI=1S/C33H35N3O4/c1-19-9-10-24(33-15-20-11-21(16-33)13-22(12-20)17-33)14-26(19)36-29(32(38)40-3)28(31(37)39-2)27(25(18-34)30(36)35)23-7-5-4-6-8-23/h4-10,14,20-22,27H,11-13,15-17,35H2,1-3H3. The van der Waals surface area contributed by atoms with Crippen LogP contribution in [0, 0.1) is 36.0 Å². The first-order valence-electron chi connectivity index (χ1n) is 14.1. The van der Waals surface area contributed by atoms with Crippen molar-refractivity contribution >= 4 is 17.6 Å². The Labute approximate surface area is 235 Å². The molecule has 7 nitrogen and oxygen atoms in total. The Kier molecular flexibility index (Phi) is 6.45. The van der Waals surface area contributed by atoms with Gasteiger partial charge in [0, 0.05) is 0 Å². The maximum atomic E-state index is 13.5. The highest BCUT2D eigenvalue weighted by atomic mass is 16.5. The molecule has 206 valence electrons. The molecule has 4 aliphatic carbocycles. The van der Waals surface area contributed by atoms with Gasteiger partial charge in [0.2, 0.25) is 0 Å². The number of allylic oxidation sites excluding steroid dienone is 1. The van der Waals surface area contributed by atoms with Gasteiger partial charge < -0.3 is 15.2 Å². The zero-order chi connectivity index (χ0) is 28.2. The van der Waals surface area contributed by atoms with Crippen molar-refractivity contribution in [1.29, 1.82) is 5.26 Å². The number of methoxy groups -OCH3 is 2. The van der Waals surface area contributed by atoms with Crippen molar-refractivity contribution < 1.29 is 19.1 Å². The van der Waals surface area contributed by atoms with E-state index in [0.29, 0.717) is 11.3 Å². The van der Waals surface area contributed by atoms with Gasteiger partial charge in [-0.3, -0.25) is 4.90 Å². The van der Waals surface area contributed by atoms with E-state index in [1.54, 1.807) is 4.90 Å². The highest BCUT2D eigenvalue weighted by Crippen LogP contribution is 2.61. The van der Waals surface area contributed by atoms with Crippen molar-refractivity contribution in [1.82, 2.24) is 0 Å². The molecule has 5 aliphatic rings. The molecule has 1 heterocycles. The molecule has 7 rings (SSSR count). The lowest BCUT2D eigenvalue weighted by atomic mass is 9.48. The van der Waals surface area contributed by atoms with Crippen LogP contribution in [-0.2, 0) is 24.5 Å². The predicted octanol–water partition coefficient (Wildman–Crippen LogP) is 5.36. The quantitative estimate of drug-likeness (QED) is 0.512. The predicted molar refractivity (Wildman–Crippen MR) is 151 cm³/mol. The zero-order valence-corrected chi connectivity index (χ0v) is 23.3. The molecule has 2 N–H and O–H groups in total. The highest BCUT2D eigenvalue weighted by molar-refractivity contribution is 6.06. The summed E-state index contributed by atoms with van der Waals surface area (Å²) in [6.07, 6.45) is 7.55. The van der Waals surface area contributed by atoms with Gasteiger partial charge in [-0.25, -0.2) is 9.59 Å². The van der Waals surface area contributed by atoms with Crippen LogP contribution in [0.1, 0.15) is 61.1 Å². The van der Waals surface area contributed by atoms with E-state index in [1.807, 2.05) is 37.3 Å². The second-order valence-electron chi connectivity index (χ2n) is 12.0. The van der Waals surface area contributed by atoms with Crippen LogP contribution in [0.25, 0.3) is 0 Å². The Morgan fingerprint density at radius 2 is 1.55 bits per heavy atom. The van der Waals surface area contributed by atoms with E-state index in [2.05, 4.69) is 24.3 Å². The van der Waals surface area contributed by atoms with Gasteiger partial charge in [-0.05, 0) is 91.4 Å². The fourth-order valence-corrected chi connectivity index (χ4v) is 8.41. The number of hydrogen-bond acceptors (Lipinski definition) is 7. The first-order valence-corrected chi connectivity index (χ1v) is 14.1. The minimum Gasteiger partial charge on any atom is -0.466 e. The third-order valence-corrected chi connectivity index (χ3v) is 9.71. The molecule has 1 aliphatic heterocycles. The van der Waals surface area contributed by atoms with E-state index in [-0.39, 0.29) is 28.1 Å². The summed E-state index contributed by atoms with van der Waals surface area (Å²) in [7, 11) is 2.54. The number of benzene rings is 2. The Balaban J connectivity index is 1.57. The average Bonchev–Trinajstić information content (AvgIpc) is 2.95. The maximum Gasteiger partial charge on any atom is 0.355 e. The molecule has 2 aromatic carbocycles. The normalized spacial score (nSPS) is 28.9. The highest BCUT2D eigenvalue weighted by Gasteiger charge is 2.52. The van der Waals surface area contributed by atoms with Gasteiger partial charge in [0.1, 0.15) is 11.5 Å². The van der Waals surface area contributed by atoms with Gasteiger partial charge in [0.05, 0.1) is 43.0 Å². The number of esters is 2. The van der Waals surface area contributed by atoms with Crippen molar-refractivity contribution in [3.63, 3.8) is 0 Å². The topological polar surface area (TPSA) is 106 Å². The summed E-state index contributed by atoms with van der Waals surface area (Å²) in [6, 6.07) is 17.8. The fourth-order valence-electron chi connectivity index (χ4n) is 8.41. The van der Waals surface area contributed by atoms with E-state index in [9.17, 15) is 14.9 Å². The number of carbonyl (C=O) groups is 2. The Morgan fingerprint density at radius 1 is 0.950 bits per heavy atom. The summed E-state index contributed by atoms with van der Waals surface area (Å²) in [4.78, 5) is 28.5. The van der Waals surface area contributed by atoms with Gasteiger partial charge in [-0.2, -0.15) is 5.26 Å². The minimum absolute atomic E-state index is 0.0227. The fraction of sp³-hybridized carbons (Fsp3) is 0.424. The molecule has 4 bridgehead atoms. The monoisotopic (exact) mass is 537 g/mol. The molecule has 0 saturated heterocycles. The minimum atomic E-state index is -0.879. The van der Waals surface area contributed by atoms with Crippen LogP contribution >= 0.6 is 0 Å². The van der Waals surface area contributed by atoms with E-state index >= 15 is 0 Å². The van der Waals surface area contributed by atoms with Gasteiger partial charge in [-0.1, -0.05) is 42.5 Å². The number of nitrogens with two attached hydrogens (primary N) is 1. The molecule has 7 heteroatoms. The smallest absolute Gasteiger partial charge is 0.355 e. The number of nitriles is 1. The Bertz CT molecular complexity index is 1450. The molecular weight excluding hydrogens is 502 g/mol. The lowest BCUT2D eigenvalue weighted by Gasteiger charge is -2.57. The number of rotatable bonds is 5. The molecule has 0 spiro atoms. The van der Waals surface area contributed by atoms with Gasteiger partial charge in [-0.15, -0.1) is 0 Å². The van der Waals surface area contributed by atoms with E-state index in [4.69, 9.17) is 15.2 Å². The summed E-state index contributed by atoms with van der Waals surface area (Å²) in [5.41, 5.74) is 10.5. The largest absolute Gasteiger partial charge is 0.466 e. The second kappa shape index (κ2) is 9.85. The van der Waals surface area contributed by atoms with Crippen LogP contribution in [0.2, 0.25) is 0 Å². The summed E-state index contributed by atoms with van der Waals surface area (Å²) >= 11 is 0. The first-order chi connectivity index (χ1) is 19.3. The first kappa shape index (κ1) is 26.2. The van der Waals surface area contributed by atoms with Crippen LogP contribution < -0.4 is 10.6 Å². The molecule has 2 aromatic rings. The zero-order valence-electron chi connectivity index (χ0n) is 23.3. The molecule has 4 saturated carbocycles. The van der Waals surface area contributed by atoms with E-state index in [0.717, 1.165) is 23.3 Å². The second-order valence-corrected chi connectivity index (χ2v) is 12.0. The van der Waals surface area contributed by atoms with E-state index < -0.39 is 17.9 Å². The summed E-state index contributed by atoms with van der Waals surface area (Å²) < 4.78 is 10.4. The molecule has 4 fully saturated rings. The van der Waals surface area contributed by atoms with Crippen molar-refractivity contribution in [3.05, 3.63) is 87.9 Å². The molecular formula is C33H35N3O4. The summed E-state index contributed by atoms with van der Waals surface area (Å²) in [5, 5.41) is 10.4. The van der Waals surface area contributed by atoms with Crippen molar-refractivity contribution in [2.75, 3.05) is 19.1 Å². The molecule has 0 radical (unpaired) electrons. The molecule has 0 amide bonds. The number of hydrogen-bond donors (Lipinski definition) is 1. The van der Waals surface area contributed by atoms with E-state index in [1.165, 1.54) is 58.3 Å². The van der Waals surface area contributed by atoms with Crippen LogP contribution in [0.15, 0.2) is 71.2 Å². The van der Waals surface area contributed by atoms with Crippen molar-refractivity contribution in [2.24, 2.45) is 23.5 Å². The number of aryl methyl sites for hydroxylation is 1. The molecule has 40 heavy (non-hydrogen) atoms. The van der Waals surface area contributed by atoms with Crippen molar-refractivity contribution in [2.45, 2.75) is 56.8 Å². The van der Waals surface area contributed by atoms with Crippen LogP contribution in [-0.4, -0.2) is 26.2 Å². The average molecular weight is 538 g/mol. The molecule has 1 atom stereocenters. The van der Waals surface area contributed by atoms with Crippen molar-refractivity contribution in [3.8, 4) is 6.07 Å². The number of nitrogens with zero attached hydrogens (tertiary/aromatic N) is 2. The van der Waals surface area contributed by atoms with Gasteiger partial charge >= 0.3 is 11.9 Å². The molecule has 1 unspecified atom stereocenters. The Hall–Kier alpha value is -4.05.